The summed E-state index contributed by atoms with van der Waals surface area (Å²) in [6.45, 7) is 10.3. The van der Waals surface area contributed by atoms with E-state index in [1.165, 1.54) is 30.8 Å². The average Bonchev–Trinajstić information content (AvgIpc) is 4.33. The lowest BCUT2D eigenvalue weighted by Crippen LogP contribution is -2.48. The smallest absolute Gasteiger partial charge is 0.319 e. The van der Waals surface area contributed by atoms with E-state index in [0.29, 0.717) is 101 Å². The molecule has 416 valence electrons. The van der Waals surface area contributed by atoms with Gasteiger partial charge in [-0.1, -0.05) is 49.3 Å². The number of fused-ring (bicyclic) bond motifs is 4. The van der Waals surface area contributed by atoms with Crippen LogP contribution < -0.4 is 28.7 Å². The summed E-state index contributed by atoms with van der Waals surface area (Å²) in [5.41, 5.74) is 1.96. The van der Waals surface area contributed by atoms with E-state index in [1.807, 2.05) is 38.4 Å². The second-order valence-electron chi connectivity index (χ2n) is 19.7. The summed E-state index contributed by atoms with van der Waals surface area (Å²) < 4.78 is 65.7. The molecule has 1 amide bonds. The highest BCUT2D eigenvalue weighted by Crippen LogP contribution is 2.44. The van der Waals surface area contributed by atoms with Gasteiger partial charge in [0.1, 0.15) is 68.8 Å². The van der Waals surface area contributed by atoms with E-state index < -0.39 is 11.6 Å². The molecule has 79 heavy (non-hydrogen) atoms. The van der Waals surface area contributed by atoms with E-state index in [2.05, 4.69) is 46.6 Å². The number of anilines is 2. The van der Waals surface area contributed by atoms with Gasteiger partial charge in [-0.2, -0.15) is 30.1 Å². The molecule has 4 aromatic carbocycles. The Morgan fingerprint density at radius 1 is 0.633 bits per heavy atom. The first-order chi connectivity index (χ1) is 37.9. The molecule has 0 unspecified atom stereocenters. The molecule has 0 spiro atoms. The predicted octanol–water partition coefficient (Wildman–Crippen LogP) is 9.06. The van der Waals surface area contributed by atoms with Crippen molar-refractivity contribution in [3.8, 4) is 35.0 Å². The first kappa shape index (κ1) is 55.1. The van der Waals surface area contributed by atoms with Crippen LogP contribution in [0.15, 0.2) is 73.6 Å². The van der Waals surface area contributed by atoms with Crippen LogP contribution in [0.5, 0.6) is 35.0 Å². The molecule has 0 saturated carbocycles. The molecule has 8 aromatic rings. The van der Waals surface area contributed by atoms with Crippen molar-refractivity contribution >= 4 is 84.4 Å². The Morgan fingerprint density at radius 3 is 1.52 bits per heavy atom. The van der Waals surface area contributed by atoms with Gasteiger partial charge in [-0.3, -0.25) is 24.8 Å². The number of ether oxygens (including phenoxy) is 6. The van der Waals surface area contributed by atoms with Crippen molar-refractivity contribution in [2.75, 3.05) is 104 Å². The van der Waals surface area contributed by atoms with Crippen LogP contribution in [0.1, 0.15) is 26.7 Å². The number of nitrogens with one attached hydrogen (secondary N) is 2. The summed E-state index contributed by atoms with van der Waals surface area (Å²) in [5, 5.41) is 15.9. The van der Waals surface area contributed by atoms with Crippen LogP contribution in [0, 0.1) is 11.6 Å². The summed E-state index contributed by atoms with van der Waals surface area (Å²) in [7, 11) is 7.37. The molecule has 0 bridgehead atoms. The van der Waals surface area contributed by atoms with Crippen LogP contribution in [0.3, 0.4) is 0 Å². The molecule has 24 heteroatoms. The van der Waals surface area contributed by atoms with Crippen LogP contribution in [0.2, 0.25) is 10.0 Å². The molecule has 4 saturated heterocycles. The minimum Gasteiger partial charge on any atom is -0.456 e. The monoisotopic (exact) mass is 1120 g/mol. The zero-order valence-corrected chi connectivity index (χ0v) is 44.9. The predicted molar refractivity (Wildman–Crippen MR) is 299 cm³/mol. The Hall–Kier alpha value is -7.21. The maximum atomic E-state index is 14.7. The zero-order valence-electron chi connectivity index (χ0n) is 43.3. The number of nitrogens with zero attached hydrogens (tertiary/aromatic N) is 11. The second kappa shape index (κ2) is 23.6. The SMILES string of the molecule is C.C=CC(=O)N1CCN(c2nc(O[C@@H]3CN(C)C[C@H]3OC)nc3c(Oc4c(Cl)c(F)cc5[nH]ncc45)cccc23)CC1.CO[C@@H]1CN(C)C[C@H]1Oc1nc(N2CCCCC2)c2cccc(Oc3c(Cl)c(F)cc4[nH]ncc34)c2n1. The number of hydrogen-bond donors (Lipinski definition) is 2. The average molecular weight is 1130 g/mol. The van der Waals surface area contributed by atoms with E-state index in [1.54, 1.807) is 37.4 Å². The minimum atomic E-state index is -0.638. The van der Waals surface area contributed by atoms with E-state index in [-0.39, 0.29) is 71.3 Å². The number of halogens is 4. The Labute approximate surface area is 464 Å². The quantitative estimate of drug-likeness (QED) is 0.104. The van der Waals surface area contributed by atoms with Gasteiger partial charge >= 0.3 is 12.0 Å². The first-order valence-electron chi connectivity index (χ1n) is 25.6. The molecular formula is C55H61Cl2F2N13O7. The molecule has 12 rings (SSSR count). The van der Waals surface area contributed by atoms with E-state index in [9.17, 15) is 13.6 Å². The van der Waals surface area contributed by atoms with Gasteiger partial charge in [-0.05, 0) is 63.7 Å². The summed E-state index contributed by atoms with van der Waals surface area (Å²) in [6.07, 6.45) is 7.06. The molecule has 0 radical (unpaired) electrons. The fraction of sp³-hybridized carbons (Fsp3) is 0.400. The van der Waals surface area contributed by atoms with Crippen molar-refractivity contribution in [2.24, 2.45) is 0 Å². The topological polar surface area (TPSA) is 198 Å². The molecule has 4 aliphatic rings. The van der Waals surface area contributed by atoms with Gasteiger partial charge in [-0.15, -0.1) is 0 Å². The number of piperidine rings is 1. The number of benzene rings is 4. The van der Waals surface area contributed by atoms with Crippen molar-refractivity contribution in [2.45, 2.75) is 51.1 Å². The molecule has 4 aromatic heterocycles. The highest BCUT2D eigenvalue weighted by Gasteiger charge is 2.36. The number of amides is 1. The van der Waals surface area contributed by atoms with Crippen molar-refractivity contribution in [1.29, 1.82) is 0 Å². The third kappa shape index (κ3) is 11.2. The first-order valence-corrected chi connectivity index (χ1v) is 26.4. The van der Waals surface area contributed by atoms with Gasteiger partial charge < -0.3 is 43.1 Å². The third-order valence-electron chi connectivity index (χ3n) is 14.5. The van der Waals surface area contributed by atoms with Gasteiger partial charge in [0.15, 0.2) is 23.0 Å². The number of likely N-dealkylation sites (tertiary alicyclic amines) is 2. The fourth-order valence-corrected chi connectivity index (χ4v) is 10.9. The molecule has 4 fully saturated rings. The maximum Gasteiger partial charge on any atom is 0.319 e. The number of methoxy groups -OCH3 is 2. The normalized spacial score (nSPS) is 19.9. The molecule has 0 aliphatic carbocycles. The summed E-state index contributed by atoms with van der Waals surface area (Å²) in [5.74, 6) is 1.16. The molecule has 8 heterocycles. The van der Waals surface area contributed by atoms with Crippen LogP contribution in [-0.4, -0.2) is 179 Å². The van der Waals surface area contributed by atoms with Gasteiger partial charge in [0.25, 0.3) is 0 Å². The zero-order chi connectivity index (χ0) is 54.2. The van der Waals surface area contributed by atoms with E-state index in [4.69, 9.17) is 71.6 Å². The standard InChI is InChI=1S/C28H29ClFN7O4.C26H28ClFN6O3.CH4/c1-4-23(38)36-8-10-37(11-9-36)27-16-6-5-7-20(40-26-17-13-31-34-19(17)12-18(30)24(26)29)25(16)32-28(33-27)41-22-15-35(2)14-21(22)39-3;1-33-13-20(35-2)21(14-33)37-26-30-23-15(25(31-26)34-9-4-3-5-10-34)7-6-8-19(23)36-24-16-12-29-32-18(16)11-17(28)22(24)27;/h4-7,12-13,21-22H,1,8-11,14-15H2,2-3H3,(H,31,34);6-8,11-12,20-21H,3-5,9-10,13-14H2,1-2H3,(H,29,32);1H4/t21-,22-;20-,21-;/m11./s1. The van der Waals surface area contributed by atoms with Crippen molar-refractivity contribution in [3.05, 3.63) is 95.3 Å². The Kier molecular flexibility index (Phi) is 16.5. The minimum absolute atomic E-state index is 0. The highest BCUT2D eigenvalue weighted by molar-refractivity contribution is 6.34. The van der Waals surface area contributed by atoms with Gasteiger partial charge in [0.2, 0.25) is 5.91 Å². The van der Waals surface area contributed by atoms with Crippen molar-refractivity contribution < 1.29 is 42.0 Å². The van der Waals surface area contributed by atoms with Crippen molar-refractivity contribution in [1.82, 2.24) is 55.0 Å². The maximum absolute atomic E-state index is 14.7. The number of piperazine rings is 1. The van der Waals surface area contributed by atoms with Crippen LogP contribution in [0.4, 0.5) is 20.4 Å². The number of hydrogen-bond acceptors (Lipinski definition) is 17. The number of aromatic amines is 2. The van der Waals surface area contributed by atoms with E-state index >= 15 is 0 Å². The second-order valence-corrected chi connectivity index (χ2v) is 20.5. The third-order valence-corrected chi connectivity index (χ3v) is 15.2. The van der Waals surface area contributed by atoms with Crippen LogP contribution in [-0.2, 0) is 14.3 Å². The lowest BCUT2D eigenvalue weighted by molar-refractivity contribution is -0.126. The lowest BCUT2D eigenvalue weighted by Gasteiger charge is -2.35. The number of rotatable bonds is 13. The molecule has 2 N–H and O–H groups in total. The summed E-state index contributed by atoms with van der Waals surface area (Å²) in [6, 6.07) is 14.1. The number of aromatic nitrogens is 8. The number of carbonyl (C=O) groups excluding carboxylic acids is 1. The highest BCUT2D eigenvalue weighted by atomic mass is 35.5. The van der Waals surface area contributed by atoms with Crippen LogP contribution >= 0.6 is 23.2 Å². The number of H-pyrrole nitrogens is 2. The number of para-hydroxylation sites is 2. The Morgan fingerprint density at radius 2 is 1.08 bits per heavy atom. The molecular weight excluding hydrogens is 1060 g/mol. The largest absolute Gasteiger partial charge is 0.456 e. The summed E-state index contributed by atoms with van der Waals surface area (Å²) in [4.78, 5) is 41.8. The van der Waals surface area contributed by atoms with Gasteiger partial charge in [0, 0.05) is 103 Å². The number of carbonyl (C=O) groups is 1. The molecule has 20 nitrogen and oxygen atoms in total. The van der Waals surface area contributed by atoms with Gasteiger partial charge in [-0.25, -0.2) is 8.78 Å². The van der Waals surface area contributed by atoms with E-state index in [0.717, 1.165) is 43.7 Å². The molecule has 4 aliphatic heterocycles. The number of likely N-dealkylation sites (N-methyl/N-ethyl adjacent to an activating group) is 2. The molecule has 4 atom stereocenters. The Bertz CT molecular complexity index is 3520. The summed E-state index contributed by atoms with van der Waals surface area (Å²) >= 11 is 12.7. The van der Waals surface area contributed by atoms with Crippen LogP contribution in [0.25, 0.3) is 43.6 Å². The Balaban J connectivity index is 0.000000177. The van der Waals surface area contributed by atoms with Gasteiger partial charge in [0.05, 0.1) is 34.2 Å². The fourth-order valence-electron chi connectivity index (χ4n) is 10.5. The van der Waals surface area contributed by atoms with Crippen molar-refractivity contribution in [3.63, 3.8) is 0 Å². The lowest BCUT2D eigenvalue weighted by atomic mass is 10.1.